The molecular formula is C14H25N3O2. The molecule has 0 aromatic carbocycles. The Hall–Kier alpha value is -1.26. The molecule has 108 valence electrons. The third-order valence-corrected chi connectivity index (χ3v) is 3.78. The normalized spacial score (nSPS) is 23.9. The van der Waals surface area contributed by atoms with E-state index in [0.717, 1.165) is 25.8 Å². The Labute approximate surface area is 115 Å². The van der Waals surface area contributed by atoms with E-state index in [-0.39, 0.29) is 29.4 Å². The van der Waals surface area contributed by atoms with Crippen LogP contribution in [-0.2, 0) is 4.79 Å². The van der Waals surface area contributed by atoms with Gasteiger partial charge in [-0.2, -0.15) is 0 Å². The predicted molar refractivity (Wildman–Crippen MR) is 73.7 cm³/mol. The first-order chi connectivity index (χ1) is 8.85. The lowest BCUT2D eigenvalue weighted by atomic mass is 9.84. The van der Waals surface area contributed by atoms with Crippen LogP contribution in [0.3, 0.4) is 0 Å². The van der Waals surface area contributed by atoms with Gasteiger partial charge in [-0.1, -0.05) is 6.42 Å². The van der Waals surface area contributed by atoms with Crippen LogP contribution >= 0.6 is 0 Å². The van der Waals surface area contributed by atoms with Gasteiger partial charge in [-0.15, -0.1) is 0 Å². The standard InChI is InChI=1S/C14H25N3O2/c1-14(2,3)16-13(19)15-11-7-8-17(9-11)12(18)10-5-4-6-10/h10-11H,4-9H2,1-3H3,(H2,15,16,19). The number of likely N-dealkylation sites (tertiary alicyclic amines) is 1. The highest BCUT2D eigenvalue weighted by Crippen LogP contribution is 2.29. The Balaban J connectivity index is 1.75. The summed E-state index contributed by atoms with van der Waals surface area (Å²) < 4.78 is 0. The molecule has 0 aromatic rings. The largest absolute Gasteiger partial charge is 0.340 e. The van der Waals surface area contributed by atoms with Crippen molar-refractivity contribution < 1.29 is 9.59 Å². The van der Waals surface area contributed by atoms with Gasteiger partial charge in [0.05, 0.1) is 0 Å². The average molecular weight is 267 g/mol. The van der Waals surface area contributed by atoms with Crippen LogP contribution in [0.2, 0.25) is 0 Å². The molecule has 1 heterocycles. The summed E-state index contributed by atoms with van der Waals surface area (Å²) in [5.41, 5.74) is -0.232. The van der Waals surface area contributed by atoms with Crippen molar-refractivity contribution in [2.45, 2.75) is 58.0 Å². The maximum atomic E-state index is 12.1. The van der Waals surface area contributed by atoms with Crippen molar-refractivity contribution in [1.29, 1.82) is 0 Å². The summed E-state index contributed by atoms with van der Waals surface area (Å²) in [6.07, 6.45) is 4.12. The highest BCUT2D eigenvalue weighted by atomic mass is 16.2. The summed E-state index contributed by atoms with van der Waals surface area (Å²) >= 11 is 0. The molecule has 0 spiro atoms. The van der Waals surface area contributed by atoms with Crippen molar-refractivity contribution in [1.82, 2.24) is 15.5 Å². The number of carbonyl (C=O) groups is 2. The van der Waals surface area contributed by atoms with Crippen LogP contribution in [0.15, 0.2) is 0 Å². The predicted octanol–water partition coefficient (Wildman–Crippen LogP) is 1.49. The number of nitrogens with zero attached hydrogens (tertiary/aromatic N) is 1. The van der Waals surface area contributed by atoms with Crippen molar-refractivity contribution in [3.63, 3.8) is 0 Å². The molecule has 3 amide bonds. The molecule has 2 rings (SSSR count). The molecule has 0 aromatic heterocycles. The van der Waals surface area contributed by atoms with Crippen LogP contribution < -0.4 is 10.6 Å². The Morgan fingerprint density at radius 2 is 1.84 bits per heavy atom. The lowest BCUT2D eigenvalue weighted by Gasteiger charge is -2.29. The van der Waals surface area contributed by atoms with Crippen molar-refractivity contribution in [2.75, 3.05) is 13.1 Å². The third-order valence-electron chi connectivity index (χ3n) is 3.78. The second-order valence-electron chi connectivity index (χ2n) is 6.75. The first kappa shape index (κ1) is 14.2. The smallest absolute Gasteiger partial charge is 0.315 e. The molecule has 1 saturated heterocycles. The maximum absolute atomic E-state index is 12.1. The lowest BCUT2D eigenvalue weighted by Crippen LogP contribution is -2.50. The summed E-state index contributed by atoms with van der Waals surface area (Å²) in [5, 5.41) is 5.83. The summed E-state index contributed by atoms with van der Waals surface area (Å²) in [5.74, 6) is 0.536. The quantitative estimate of drug-likeness (QED) is 0.796. The fourth-order valence-corrected chi connectivity index (χ4v) is 2.55. The number of hydrogen-bond acceptors (Lipinski definition) is 2. The van der Waals surface area contributed by atoms with E-state index in [4.69, 9.17) is 0 Å². The van der Waals surface area contributed by atoms with Crippen molar-refractivity contribution in [3.8, 4) is 0 Å². The molecule has 0 bridgehead atoms. The van der Waals surface area contributed by atoms with E-state index < -0.39 is 0 Å². The molecule has 19 heavy (non-hydrogen) atoms. The average Bonchev–Trinajstić information content (AvgIpc) is 2.59. The molecule has 2 aliphatic rings. The molecule has 1 atom stereocenters. The minimum absolute atomic E-state index is 0.0892. The zero-order valence-electron chi connectivity index (χ0n) is 12.2. The Morgan fingerprint density at radius 1 is 1.16 bits per heavy atom. The molecule has 2 fully saturated rings. The molecule has 2 N–H and O–H groups in total. The van der Waals surface area contributed by atoms with E-state index in [9.17, 15) is 9.59 Å². The summed E-state index contributed by atoms with van der Waals surface area (Å²) in [6.45, 7) is 7.29. The van der Waals surface area contributed by atoms with Crippen LogP contribution in [0.25, 0.3) is 0 Å². The van der Waals surface area contributed by atoms with Gasteiger partial charge in [0.1, 0.15) is 0 Å². The number of nitrogens with one attached hydrogen (secondary N) is 2. The van der Waals surface area contributed by atoms with E-state index in [0.29, 0.717) is 6.54 Å². The topological polar surface area (TPSA) is 61.4 Å². The Bertz CT molecular complexity index is 358. The highest BCUT2D eigenvalue weighted by molar-refractivity contribution is 5.80. The first-order valence-electron chi connectivity index (χ1n) is 7.22. The molecular weight excluding hydrogens is 242 g/mol. The number of amides is 3. The minimum Gasteiger partial charge on any atom is -0.340 e. The zero-order valence-corrected chi connectivity index (χ0v) is 12.2. The van der Waals surface area contributed by atoms with Gasteiger partial charge in [-0.3, -0.25) is 4.79 Å². The van der Waals surface area contributed by atoms with Gasteiger partial charge in [0.25, 0.3) is 0 Å². The van der Waals surface area contributed by atoms with Gasteiger partial charge in [0, 0.05) is 30.6 Å². The van der Waals surface area contributed by atoms with Crippen molar-refractivity contribution >= 4 is 11.9 Å². The van der Waals surface area contributed by atoms with Crippen LogP contribution in [0.1, 0.15) is 46.5 Å². The monoisotopic (exact) mass is 267 g/mol. The van der Waals surface area contributed by atoms with Gasteiger partial charge < -0.3 is 15.5 Å². The summed E-state index contributed by atoms with van der Waals surface area (Å²) in [7, 11) is 0. The Kier molecular flexibility index (Phi) is 4.02. The Morgan fingerprint density at radius 3 is 2.37 bits per heavy atom. The van der Waals surface area contributed by atoms with Crippen molar-refractivity contribution in [3.05, 3.63) is 0 Å². The first-order valence-corrected chi connectivity index (χ1v) is 7.22. The van der Waals surface area contributed by atoms with Crippen LogP contribution in [0.4, 0.5) is 4.79 Å². The molecule has 1 aliphatic carbocycles. The van der Waals surface area contributed by atoms with Gasteiger partial charge in [-0.05, 0) is 40.0 Å². The molecule has 1 unspecified atom stereocenters. The van der Waals surface area contributed by atoms with E-state index in [1.165, 1.54) is 6.42 Å². The van der Waals surface area contributed by atoms with Gasteiger partial charge in [0.2, 0.25) is 5.91 Å². The van der Waals surface area contributed by atoms with E-state index >= 15 is 0 Å². The molecule has 1 aliphatic heterocycles. The summed E-state index contributed by atoms with van der Waals surface area (Å²) in [6, 6.07) is -0.0539. The number of carbonyl (C=O) groups excluding carboxylic acids is 2. The number of rotatable bonds is 2. The van der Waals surface area contributed by atoms with Gasteiger partial charge in [0.15, 0.2) is 0 Å². The lowest BCUT2D eigenvalue weighted by molar-refractivity contribution is -0.137. The zero-order chi connectivity index (χ0) is 14.0. The van der Waals surface area contributed by atoms with E-state index in [1.807, 2.05) is 25.7 Å². The van der Waals surface area contributed by atoms with Crippen molar-refractivity contribution in [2.24, 2.45) is 5.92 Å². The second-order valence-corrected chi connectivity index (χ2v) is 6.75. The van der Waals surface area contributed by atoms with Gasteiger partial charge in [-0.25, -0.2) is 4.79 Å². The fraction of sp³-hybridized carbons (Fsp3) is 0.857. The second kappa shape index (κ2) is 5.39. The number of urea groups is 1. The van der Waals surface area contributed by atoms with Crippen LogP contribution in [0, 0.1) is 5.92 Å². The summed E-state index contributed by atoms with van der Waals surface area (Å²) in [4.78, 5) is 25.8. The molecule has 5 nitrogen and oxygen atoms in total. The van der Waals surface area contributed by atoms with Gasteiger partial charge >= 0.3 is 6.03 Å². The number of hydrogen-bond donors (Lipinski definition) is 2. The fourth-order valence-electron chi connectivity index (χ4n) is 2.55. The van der Waals surface area contributed by atoms with Crippen LogP contribution in [-0.4, -0.2) is 41.5 Å². The van der Waals surface area contributed by atoms with E-state index in [1.54, 1.807) is 0 Å². The van der Waals surface area contributed by atoms with E-state index in [2.05, 4.69) is 10.6 Å². The molecule has 0 radical (unpaired) electrons. The minimum atomic E-state index is -0.232. The SMILES string of the molecule is CC(C)(C)NC(=O)NC1CCN(C(=O)C2CCC2)C1. The molecule has 5 heteroatoms. The third kappa shape index (κ3) is 3.85. The van der Waals surface area contributed by atoms with Crippen LogP contribution in [0.5, 0.6) is 0 Å². The highest BCUT2D eigenvalue weighted by Gasteiger charge is 2.34. The molecule has 1 saturated carbocycles. The maximum Gasteiger partial charge on any atom is 0.315 e.